The Balaban J connectivity index is 2.27. The van der Waals surface area contributed by atoms with E-state index in [0.717, 1.165) is 9.54 Å². The minimum Gasteiger partial charge on any atom is -0.334 e. The lowest BCUT2D eigenvalue weighted by molar-refractivity contribution is -0.518. The van der Waals surface area contributed by atoms with Crippen LogP contribution in [0.25, 0.3) is 0 Å². The zero-order chi connectivity index (χ0) is 12.3. The highest BCUT2D eigenvalue weighted by molar-refractivity contribution is 7.80. The zero-order valence-corrected chi connectivity index (χ0v) is 10.1. The van der Waals surface area contributed by atoms with E-state index in [2.05, 4.69) is 0 Å². The molecule has 1 aromatic carbocycles. The van der Waals surface area contributed by atoms with Crippen molar-refractivity contribution in [2.75, 3.05) is 0 Å². The van der Waals surface area contributed by atoms with Crippen molar-refractivity contribution < 1.29 is 16.6 Å². The molecule has 5 heteroatoms. The van der Waals surface area contributed by atoms with Gasteiger partial charge in [0.15, 0.2) is 12.4 Å². The van der Waals surface area contributed by atoms with Crippen LogP contribution in [0.5, 0.6) is 5.75 Å². The molecular formula is C12H12NO3S+. The average Bonchev–Trinajstić information content (AvgIpc) is 2.33. The largest absolute Gasteiger partial charge is 0.565 e. The van der Waals surface area contributed by atoms with Crippen LogP contribution >= 0.6 is 0 Å². The number of aryl methyl sites for hydroxylation is 1. The van der Waals surface area contributed by atoms with Gasteiger partial charge in [-0.3, -0.25) is 0 Å². The fourth-order valence-corrected chi connectivity index (χ4v) is 2.17. The third-order valence-electron chi connectivity index (χ3n) is 2.17. The van der Waals surface area contributed by atoms with E-state index in [-0.39, 0.29) is 0 Å². The molecule has 0 amide bonds. The molecule has 0 spiro atoms. The first-order chi connectivity index (χ1) is 8.08. The molecule has 2 rings (SSSR count). The molecule has 0 aliphatic rings. The van der Waals surface area contributed by atoms with E-state index in [4.69, 9.17) is 4.18 Å². The maximum absolute atomic E-state index is 11.8. The Labute approximate surface area is 100 Å². The summed E-state index contributed by atoms with van der Waals surface area (Å²) in [4.78, 5) is 0. The predicted octanol–water partition coefficient (Wildman–Crippen LogP) is 1.45. The molecule has 0 aliphatic heterocycles. The SMILES string of the molecule is Cc1ccc(OS(=O)(=O)[n+]2ccccc2)cc1. The number of benzene rings is 1. The van der Waals surface area contributed by atoms with E-state index in [0.29, 0.717) is 5.75 Å². The lowest BCUT2D eigenvalue weighted by atomic mass is 10.2. The Morgan fingerprint density at radius 1 is 1.00 bits per heavy atom. The topological polar surface area (TPSA) is 47.3 Å². The third-order valence-corrected chi connectivity index (χ3v) is 3.33. The minimum atomic E-state index is -3.81. The highest BCUT2D eigenvalue weighted by Crippen LogP contribution is 2.12. The number of rotatable bonds is 3. The first kappa shape index (κ1) is 11.6. The van der Waals surface area contributed by atoms with Crippen molar-refractivity contribution in [3.05, 3.63) is 60.4 Å². The molecule has 2 aromatic rings. The third kappa shape index (κ3) is 2.82. The van der Waals surface area contributed by atoms with Crippen molar-refractivity contribution in [2.45, 2.75) is 6.92 Å². The number of nitrogens with zero attached hydrogens (tertiary/aromatic N) is 1. The van der Waals surface area contributed by atoms with Gasteiger partial charge in [-0.25, -0.2) is 0 Å². The number of pyridine rings is 1. The van der Waals surface area contributed by atoms with Crippen LogP contribution in [0.15, 0.2) is 54.9 Å². The van der Waals surface area contributed by atoms with Crippen LogP contribution in [0.1, 0.15) is 5.56 Å². The highest BCUT2D eigenvalue weighted by atomic mass is 32.2. The van der Waals surface area contributed by atoms with Crippen molar-refractivity contribution in [3.8, 4) is 5.75 Å². The van der Waals surface area contributed by atoms with Crippen molar-refractivity contribution in [1.29, 1.82) is 0 Å². The number of hydrogen-bond acceptors (Lipinski definition) is 3. The first-order valence-corrected chi connectivity index (χ1v) is 6.42. The predicted molar refractivity (Wildman–Crippen MR) is 62.8 cm³/mol. The van der Waals surface area contributed by atoms with E-state index in [9.17, 15) is 8.42 Å². The fraction of sp³-hybridized carbons (Fsp3) is 0.0833. The van der Waals surface area contributed by atoms with Crippen LogP contribution < -0.4 is 8.16 Å². The molecule has 0 atom stereocenters. The summed E-state index contributed by atoms with van der Waals surface area (Å²) in [5, 5.41) is 0. The molecule has 0 saturated carbocycles. The van der Waals surface area contributed by atoms with Crippen LogP contribution in [0, 0.1) is 6.92 Å². The second-order valence-corrected chi connectivity index (χ2v) is 5.00. The Morgan fingerprint density at radius 2 is 1.59 bits per heavy atom. The number of hydrogen-bond donors (Lipinski definition) is 0. The minimum absolute atomic E-state index is 0.298. The molecule has 0 bridgehead atoms. The summed E-state index contributed by atoms with van der Waals surface area (Å²) >= 11 is 0. The van der Waals surface area contributed by atoms with Crippen molar-refractivity contribution in [1.82, 2.24) is 0 Å². The van der Waals surface area contributed by atoms with Gasteiger partial charge >= 0.3 is 10.3 Å². The molecule has 1 heterocycles. The lowest BCUT2D eigenvalue weighted by Gasteiger charge is -2.01. The van der Waals surface area contributed by atoms with E-state index in [1.807, 2.05) is 6.92 Å². The number of aromatic nitrogens is 1. The highest BCUT2D eigenvalue weighted by Gasteiger charge is 2.23. The summed E-state index contributed by atoms with van der Waals surface area (Å²) in [6.45, 7) is 1.92. The molecule has 0 saturated heterocycles. The van der Waals surface area contributed by atoms with Crippen molar-refractivity contribution >= 4 is 10.3 Å². The zero-order valence-electron chi connectivity index (χ0n) is 9.28. The van der Waals surface area contributed by atoms with Crippen LogP contribution in [0.3, 0.4) is 0 Å². The lowest BCUT2D eigenvalue weighted by Crippen LogP contribution is -2.44. The Bertz CT molecular complexity index is 591. The smallest absolute Gasteiger partial charge is 0.334 e. The summed E-state index contributed by atoms with van der Waals surface area (Å²) in [6.07, 6.45) is 2.84. The van der Waals surface area contributed by atoms with E-state index in [1.54, 1.807) is 42.5 Å². The van der Waals surface area contributed by atoms with E-state index in [1.165, 1.54) is 12.4 Å². The van der Waals surface area contributed by atoms with Gasteiger partial charge in [0.1, 0.15) is 5.75 Å². The monoisotopic (exact) mass is 250 g/mol. The van der Waals surface area contributed by atoms with Gasteiger partial charge in [-0.15, -0.1) is 8.42 Å². The first-order valence-electron chi connectivity index (χ1n) is 5.06. The summed E-state index contributed by atoms with van der Waals surface area (Å²) in [5.74, 6) is 0.298. The molecule has 0 aliphatic carbocycles. The summed E-state index contributed by atoms with van der Waals surface area (Å²) < 4.78 is 29.7. The molecule has 0 N–H and O–H groups in total. The average molecular weight is 250 g/mol. The van der Waals surface area contributed by atoms with Gasteiger partial charge in [0.05, 0.1) is 0 Å². The molecule has 0 fully saturated rings. The van der Waals surface area contributed by atoms with E-state index < -0.39 is 10.3 Å². The van der Waals surface area contributed by atoms with Gasteiger partial charge in [-0.1, -0.05) is 27.7 Å². The van der Waals surface area contributed by atoms with Gasteiger partial charge in [-0.05, 0) is 19.1 Å². The molecule has 0 unspecified atom stereocenters. The summed E-state index contributed by atoms with van der Waals surface area (Å²) in [7, 11) is -3.81. The molecule has 88 valence electrons. The van der Waals surface area contributed by atoms with E-state index >= 15 is 0 Å². The normalized spacial score (nSPS) is 11.1. The molecule has 0 radical (unpaired) electrons. The second-order valence-electron chi connectivity index (χ2n) is 3.56. The van der Waals surface area contributed by atoms with Crippen LogP contribution in [0.2, 0.25) is 0 Å². The van der Waals surface area contributed by atoms with Gasteiger partial charge in [-0.2, -0.15) is 0 Å². The Morgan fingerprint density at radius 3 is 2.18 bits per heavy atom. The quantitative estimate of drug-likeness (QED) is 0.775. The van der Waals surface area contributed by atoms with Gasteiger partial charge < -0.3 is 4.18 Å². The molecular weight excluding hydrogens is 238 g/mol. The van der Waals surface area contributed by atoms with Gasteiger partial charge in [0.2, 0.25) is 0 Å². The van der Waals surface area contributed by atoms with Gasteiger partial charge in [0, 0.05) is 12.1 Å². The molecule has 1 aromatic heterocycles. The van der Waals surface area contributed by atoms with Crippen molar-refractivity contribution in [3.63, 3.8) is 0 Å². The van der Waals surface area contributed by atoms with Crippen LogP contribution in [-0.2, 0) is 10.3 Å². The summed E-state index contributed by atoms with van der Waals surface area (Å²) in [6, 6.07) is 11.8. The second kappa shape index (κ2) is 4.55. The Hall–Kier alpha value is -1.88. The van der Waals surface area contributed by atoms with Crippen LogP contribution in [0.4, 0.5) is 0 Å². The molecule has 4 nitrogen and oxygen atoms in total. The Kier molecular flexibility index (Phi) is 3.10. The standard InChI is InChI=1S/C12H12NO3S/c1-11-5-7-12(8-6-11)16-17(14,15)13-9-3-2-4-10-13/h2-10H,1H3/q+1. The fourth-order valence-electron chi connectivity index (χ4n) is 1.29. The van der Waals surface area contributed by atoms with Gasteiger partial charge in [0.25, 0.3) is 0 Å². The van der Waals surface area contributed by atoms with Crippen molar-refractivity contribution in [2.24, 2.45) is 0 Å². The summed E-state index contributed by atoms with van der Waals surface area (Å²) in [5.41, 5.74) is 1.04. The molecule has 17 heavy (non-hydrogen) atoms. The maximum atomic E-state index is 11.8. The van der Waals surface area contributed by atoms with Crippen LogP contribution in [-0.4, -0.2) is 8.42 Å². The maximum Gasteiger partial charge on any atom is 0.565 e.